The van der Waals surface area contributed by atoms with Gasteiger partial charge >= 0.3 is 0 Å². The molecule has 24 heavy (non-hydrogen) atoms. The predicted octanol–water partition coefficient (Wildman–Crippen LogP) is 2.28. The number of thioether (sulfide) groups is 1. The van der Waals surface area contributed by atoms with E-state index >= 15 is 0 Å². The smallest absolute Gasteiger partial charge is 0.230 e. The Labute approximate surface area is 143 Å². The molecule has 0 spiro atoms. The van der Waals surface area contributed by atoms with Crippen molar-refractivity contribution in [3.63, 3.8) is 0 Å². The van der Waals surface area contributed by atoms with Crippen LogP contribution in [-0.2, 0) is 11.3 Å². The lowest BCUT2D eigenvalue weighted by molar-refractivity contribution is -0.118. The van der Waals surface area contributed by atoms with Crippen molar-refractivity contribution in [3.05, 3.63) is 54.7 Å². The number of carbonyl (C=O) groups is 1. The molecule has 0 saturated carbocycles. The van der Waals surface area contributed by atoms with Crippen molar-refractivity contribution >= 4 is 17.7 Å². The summed E-state index contributed by atoms with van der Waals surface area (Å²) in [5.41, 5.74) is 0.823. The van der Waals surface area contributed by atoms with Crippen LogP contribution in [0.1, 0.15) is 5.76 Å². The molecule has 0 saturated heterocycles. The van der Waals surface area contributed by atoms with Gasteiger partial charge in [-0.2, -0.15) is 0 Å². The Morgan fingerprint density at radius 2 is 2.21 bits per heavy atom. The Morgan fingerprint density at radius 3 is 3.00 bits per heavy atom. The van der Waals surface area contributed by atoms with Gasteiger partial charge in [0.15, 0.2) is 5.16 Å². The van der Waals surface area contributed by atoms with Crippen LogP contribution in [0.25, 0.3) is 5.69 Å². The van der Waals surface area contributed by atoms with Gasteiger partial charge in [-0.1, -0.05) is 23.9 Å². The number of hydrogen-bond acceptors (Lipinski definition) is 6. The number of hydrogen-bond donors (Lipinski definition) is 1. The summed E-state index contributed by atoms with van der Waals surface area (Å²) in [5, 5.41) is 11.4. The quantitative estimate of drug-likeness (QED) is 0.662. The Hall–Kier alpha value is -2.74. The Bertz CT molecular complexity index is 801. The molecule has 0 aliphatic carbocycles. The van der Waals surface area contributed by atoms with Crippen LogP contribution in [-0.4, -0.2) is 33.5 Å². The number of aromatic nitrogens is 3. The molecular weight excluding hydrogens is 328 g/mol. The van der Waals surface area contributed by atoms with Crippen LogP contribution in [0.5, 0.6) is 5.75 Å². The van der Waals surface area contributed by atoms with Gasteiger partial charge in [0, 0.05) is 0 Å². The molecule has 0 unspecified atom stereocenters. The third-order valence-electron chi connectivity index (χ3n) is 3.23. The van der Waals surface area contributed by atoms with Crippen molar-refractivity contribution in [2.24, 2.45) is 0 Å². The molecule has 0 fully saturated rings. The molecule has 1 N–H and O–H groups in total. The third kappa shape index (κ3) is 3.77. The average molecular weight is 344 g/mol. The van der Waals surface area contributed by atoms with Gasteiger partial charge < -0.3 is 14.5 Å². The molecule has 0 atom stereocenters. The zero-order chi connectivity index (χ0) is 16.8. The lowest BCUT2D eigenvalue weighted by Crippen LogP contribution is -2.24. The molecule has 3 aromatic rings. The summed E-state index contributed by atoms with van der Waals surface area (Å²) < 4.78 is 12.3. The van der Waals surface area contributed by atoms with Crippen LogP contribution < -0.4 is 10.1 Å². The van der Waals surface area contributed by atoms with Crippen molar-refractivity contribution in [2.45, 2.75) is 11.7 Å². The summed E-state index contributed by atoms with van der Waals surface area (Å²) in [5.74, 6) is 1.55. The standard InChI is InChI=1S/C16H16N4O3S/c1-22-14-7-3-2-6-13(14)20-11-18-19-16(20)24-10-15(21)17-9-12-5-4-8-23-12/h2-8,11H,9-10H2,1H3,(H,17,21). The molecule has 0 radical (unpaired) electrons. The molecule has 124 valence electrons. The van der Waals surface area contributed by atoms with Crippen LogP contribution >= 0.6 is 11.8 Å². The molecule has 8 heteroatoms. The van der Waals surface area contributed by atoms with Gasteiger partial charge in [0.1, 0.15) is 17.8 Å². The molecule has 7 nitrogen and oxygen atoms in total. The topological polar surface area (TPSA) is 82.2 Å². The summed E-state index contributed by atoms with van der Waals surface area (Å²) in [6.45, 7) is 0.367. The second-order valence-corrected chi connectivity index (χ2v) is 5.74. The summed E-state index contributed by atoms with van der Waals surface area (Å²) in [4.78, 5) is 11.9. The fraction of sp³-hybridized carbons (Fsp3) is 0.188. The van der Waals surface area contributed by atoms with E-state index in [-0.39, 0.29) is 11.7 Å². The van der Waals surface area contributed by atoms with Gasteiger partial charge in [-0.15, -0.1) is 10.2 Å². The fourth-order valence-corrected chi connectivity index (χ4v) is 2.85. The molecule has 3 rings (SSSR count). The van der Waals surface area contributed by atoms with Crippen LogP contribution in [0, 0.1) is 0 Å². The maximum atomic E-state index is 11.9. The van der Waals surface area contributed by atoms with E-state index in [0.29, 0.717) is 23.2 Å². The molecule has 0 bridgehead atoms. The van der Waals surface area contributed by atoms with E-state index in [1.54, 1.807) is 30.3 Å². The second kappa shape index (κ2) is 7.69. The minimum Gasteiger partial charge on any atom is -0.495 e. The average Bonchev–Trinajstić information content (AvgIpc) is 3.29. The summed E-state index contributed by atoms with van der Waals surface area (Å²) >= 11 is 1.30. The first-order chi connectivity index (χ1) is 11.8. The van der Waals surface area contributed by atoms with Gasteiger partial charge in [0.2, 0.25) is 5.91 Å². The lowest BCUT2D eigenvalue weighted by Gasteiger charge is -2.10. The second-order valence-electron chi connectivity index (χ2n) is 4.80. The van der Waals surface area contributed by atoms with Gasteiger partial charge in [-0.3, -0.25) is 9.36 Å². The van der Waals surface area contributed by atoms with Gasteiger partial charge in [0.25, 0.3) is 0 Å². The zero-order valence-electron chi connectivity index (χ0n) is 13.0. The van der Waals surface area contributed by atoms with Gasteiger partial charge in [-0.05, 0) is 24.3 Å². The van der Waals surface area contributed by atoms with Crippen LogP contribution in [0.3, 0.4) is 0 Å². The summed E-state index contributed by atoms with van der Waals surface area (Å²) in [7, 11) is 1.61. The maximum Gasteiger partial charge on any atom is 0.230 e. The Kier molecular flexibility index (Phi) is 5.17. The number of furan rings is 1. The van der Waals surface area contributed by atoms with Gasteiger partial charge in [-0.25, -0.2) is 0 Å². The molecule has 2 heterocycles. The van der Waals surface area contributed by atoms with Gasteiger partial charge in [0.05, 0.1) is 31.4 Å². The minimum absolute atomic E-state index is 0.106. The highest BCUT2D eigenvalue weighted by Crippen LogP contribution is 2.26. The number of rotatable bonds is 7. The molecule has 1 amide bonds. The van der Waals surface area contributed by atoms with E-state index in [9.17, 15) is 4.79 Å². The molecule has 2 aromatic heterocycles. The van der Waals surface area contributed by atoms with Crippen molar-refractivity contribution in [2.75, 3.05) is 12.9 Å². The van der Waals surface area contributed by atoms with Crippen molar-refractivity contribution in [1.29, 1.82) is 0 Å². The van der Waals surface area contributed by atoms with E-state index in [4.69, 9.17) is 9.15 Å². The normalized spacial score (nSPS) is 10.5. The van der Waals surface area contributed by atoms with E-state index < -0.39 is 0 Å². The van der Waals surface area contributed by atoms with Crippen molar-refractivity contribution in [3.8, 4) is 11.4 Å². The number of ether oxygens (including phenoxy) is 1. The highest BCUT2D eigenvalue weighted by molar-refractivity contribution is 7.99. The SMILES string of the molecule is COc1ccccc1-n1cnnc1SCC(=O)NCc1ccco1. The minimum atomic E-state index is -0.106. The number of para-hydroxylation sites is 2. The first kappa shape index (κ1) is 16.1. The maximum absolute atomic E-state index is 11.9. The molecule has 0 aliphatic rings. The highest BCUT2D eigenvalue weighted by atomic mass is 32.2. The number of methoxy groups -OCH3 is 1. The largest absolute Gasteiger partial charge is 0.495 e. The number of benzene rings is 1. The lowest BCUT2D eigenvalue weighted by atomic mass is 10.3. The predicted molar refractivity (Wildman–Crippen MR) is 89.2 cm³/mol. The first-order valence-electron chi connectivity index (χ1n) is 7.23. The number of nitrogens with one attached hydrogen (secondary N) is 1. The van der Waals surface area contributed by atoms with E-state index in [2.05, 4.69) is 15.5 Å². The summed E-state index contributed by atoms with van der Waals surface area (Å²) in [6.07, 6.45) is 3.17. The Balaban J connectivity index is 1.62. The van der Waals surface area contributed by atoms with Crippen molar-refractivity contribution in [1.82, 2.24) is 20.1 Å². The highest BCUT2D eigenvalue weighted by Gasteiger charge is 2.13. The zero-order valence-corrected chi connectivity index (χ0v) is 13.8. The molecule has 0 aliphatic heterocycles. The number of carbonyl (C=O) groups excluding carboxylic acids is 1. The van der Waals surface area contributed by atoms with Crippen LogP contribution in [0.2, 0.25) is 0 Å². The molecule has 1 aromatic carbocycles. The third-order valence-corrected chi connectivity index (χ3v) is 4.18. The van der Waals surface area contributed by atoms with Crippen LogP contribution in [0.15, 0.2) is 58.6 Å². The van der Waals surface area contributed by atoms with Crippen LogP contribution in [0.4, 0.5) is 0 Å². The Morgan fingerprint density at radius 1 is 1.33 bits per heavy atom. The molecular formula is C16H16N4O3S. The first-order valence-corrected chi connectivity index (χ1v) is 8.22. The number of nitrogens with zero attached hydrogens (tertiary/aromatic N) is 3. The monoisotopic (exact) mass is 344 g/mol. The fourth-order valence-electron chi connectivity index (χ4n) is 2.10. The van der Waals surface area contributed by atoms with Crippen molar-refractivity contribution < 1.29 is 13.9 Å². The van der Waals surface area contributed by atoms with E-state index in [1.165, 1.54) is 11.8 Å². The van der Waals surface area contributed by atoms with E-state index in [1.807, 2.05) is 30.3 Å². The van der Waals surface area contributed by atoms with E-state index in [0.717, 1.165) is 5.69 Å². The number of amides is 1. The summed E-state index contributed by atoms with van der Waals surface area (Å²) in [6, 6.07) is 11.2.